The first-order valence-corrected chi connectivity index (χ1v) is 11.4. The van der Waals surface area contributed by atoms with E-state index in [9.17, 15) is 9.90 Å². The summed E-state index contributed by atoms with van der Waals surface area (Å²) in [7, 11) is 0. The lowest BCUT2D eigenvalue weighted by atomic mass is 9.87. The molecule has 4 rings (SSSR count). The molecule has 0 unspecified atom stereocenters. The number of hydrogen-bond donors (Lipinski definition) is 2. The van der Waals surface area contributed by atoms with Gasteiger partial charge in [-0.15, -0.1) is 0 Å². The van der Waals surface area contributed by atoms with Gasteiger partial charge < -0.3 is 10.0 Å². The molecule has 1 aliphatic heterocycles. The van der Waals surface area contributed by atoms with E-state index in [1.807, 2.05) is 24.3 Å². The van der Waals surface area contributed by atoms with Gasteiger partial charge in [0.2, 0.25) is 0 Å². The van der Waals surface area contributed by atoms with Crippen LogP contribution in [0.2, 0.25) is 0 Å². The Kier molecular flexibility index (Phi) is 5.98. The zero-order valence-electron chi connectivity index (χ0n) is 19.9. The lowest BCUT2D eigenvalue weighted by molar-refractivity contribution is 0.0952. The minimum absolute atomic E-state index is 0.0367. The standard InChI is InChI=1S/C28H31N3O2/c1-6-11-31-25-12-18(2)22(14-23(25)19(3)16-28(31,4)5)17-29-30-27(33)24-13-20-9-7-8-10-21(20)15-26(24)32/h7-10,12-17,32H,6,11H2,1-5H3,(H,30,33)/b29-17-. The number of carbonyl (C=O) groups excluding carboxylic acids is 1. The summed E-state index contributed by atoms with van der Waals surface area (Å²) in [5.74, 6) is -0.511. The van der Waals surface area contributed by atoms with Gasteiger partial charge in [0, 0.05) is 17.8 Å². The molecule has 0 radical (unpaired) electrons. The molecule has 0 bridgehead atoms. The lowest BCUT2D eigenvalue weighted by Crippen LogP contribution is -2.45. The number of carbonyl (C=O) groups is 1. The molecule has 0 aliphatic carbocycles. The third-order valence-corrected chi connectivity index (χ3v) is 6.29. The number of nitrogens with one attached hydrogen (secondary N) is 1. The van der Waals surface area contributed by atoms with Crippen molar-refractivity contribution in [1.29, 1.82) is 0 Å². The van der Waals surface area contributed by atoms with Crippen LogP contribution in [0.1, 0.15) is 61.2 Å². The van der Waals surface area contributed by atoms with Crippen molar-refractivity contribution in [3.8, 4) is 5.75 Å². The van der Waals surface area contributed by atoms with Crippen LogP contribution >= 0.6 is 0 Å². The molecule has 0 saturated heterocycles. The molecule has 5 heteroatoms. The van der Waals surface area contributed by atoms with E-state index in [1.165, 1.54) is 16.8 Å². The number of allylic oxidation sites excluding steroid dienone is 1. The van der Waals surface area contributed by atoms with Crippen molar-refractivity contribution in [2.45, 2.75) is 46.6 Å². The number of benzene rings is 3. The van der Waals surface area contributed by atoms with Gasteiger partial charge in [-0.25, -0.2) is 5.43 Å². The summed E-state index contributed by atoms with van der Waals surface area (Å²) in [6.07, 6.45) is 5.06. The first kappa shape index (κ1) is 22.6. The molecule has 33 heavy (non-hydrogen) atoms. The number of fused-ring (bicyclic) bond motifs is 2. The van der Waals surface area contributed by atoms with Crippen LogP contribution in [0.25, 0.3) is 16.3 Å². The van der Waals surface area contributed by atoms with Gasteiger partial charge in [0.05, 0.1) is 17.3 Å². The zero-order chi connectivity index (χ0) is 23.8. The third-order valence-electron chi connectivity index (χ3n) is 6.29. The Hall–Kier alpha value is -3.60. The number of aryl methyl sites for hydroxylation is 1. The molecule has 0 saturated carbocycles. The topological polar surface area (TPSA) is 64.9 Å². The van der Waals surface area contributed by atoms with Crippen LogP contribution < -0.4 is 10.3 Å². The molecule has 0 spiro atoms. The maximum Gasteiger partial charge on any atom is 0.275 e. The minimum Gasteiger partial charge on any atom is -0.507 e. The van der Waals surface area contributed by atoms with Gasteiger partial charge >= 0.3 is 0 Å². The Morgan fingerprint density at radius 2 is 1.82 bits per heavy atom. The molecular weight excluding hydrogens is 410 g/mol. The number of phenols is 1. The molecule has 5 nitrogen and oxygen atoms in total. The highest BCUT2D eigenvalue weighted by Gasteiger charge is 2.31. The molecule has 0 aromatic heterocycles. The number of rotatable bonds is 5. The van der Waals surface area contributed by atoms with Crippen LogP contribution in [0.15, 0.2) is 59.7 Å². The van der Waals surface area contributed by atoms with E-state index in [0.29, 0.717) is 0 Å². The molecule has 1 amide bonds. The van der Waals surface area contributed by atoms with Crippen molar-refractivity contribution >= 4 is 34.2 Å². The number of aromatic hydroxyl groups is 1. The summed E-state index contributed by atoms with van der Waals surface area (Å²) >= 11 is 0. The normalized spacial score (nSPS) is 14.9. The average Bonchev–Trinajstić information content (AvgIpc) is 2.76. The largest absolute Gasteiger partial charge is 0.507 e. The first-order chi connectivity index (χ1) is 15.7. The molecule has 1 aliphatic rings. The summed E-state index contributed by atoms with van der Waals surface area (Å²) < 4.78 is 0. The fourth-order valence-corrected chi connectivity index (χ4v) is 4.65. The zero-order valence-corrected chi connectivity index (χ0v) is 19.9. The molecule has 0 atom stereocenters. The van der Waals surface area contributed by atoms with Crippen LogP contribution in [0, 0.1) is 6.92 Å². The number of amides is 1. The second-order valence-corrected chi connectivity index (χ2v) is 9.27. The summed E-state index contributed by atoms with van der Waals surface area (Å²) in [5.41, 5.74) is 8.42. The number of nitrogens with zero attached hydrogens (tertiary/aromatic N) is 2. The van der Waals surface area contributed by atoms with Crippen LogP contribution in [0.3, 0.4) is 0 Å². The van der Waals surface area contributed by atoms with Gasteiger partial charge in [-0.05, 0) is 85.9 Å². The highest BCUT2D eigenvalue weighted by atomic mass is 16.3. The van der Waals surface area contributed by atoms with Crippen LogP contribution in [-0.4, -0.2) is 29.3 Å². The van der Waals surface area contributed by atoms with Crippen molar-refractivity contribution < 1.29 is 9.90 Å². The van der Waals surface area contributed by atoms with Crippen LogP contribution in [0.4, 0.5) is 5.69 Å². The van der Waals surface area contributed by atoms with Gasteiger partial charge in [0.25, 0.3) is 5.91 Å². The molecule has 0 fully saturated rings. The Morgan fingerprint density at radius 3 is 2.52 bits per heavy atom. The van der Waals surface area contributed by atoms with Crippen molar-refractivity contribution in [2.75, 3.05) is 11.4 Å². The van der Waals surface area contributed by atoms with Crippen molar-refractivity contribution in [1.82, 2.24) is 5.43 Å². The fraction of sp³-hybridized carbons (Fsp3) is 0.286. The van der Waals surface area contributed by atoms with E-state index in [2.05, 4.69) is 68.3 Å². The summed E-state index contributed by atoms with van der Waals surface area (Å²) in [6, 6.07) is 15.2. The fourth-order valence-electron chi connectivity index (χ4n) is 4.65. The van der Waals surface area contributed by atoms with E-state index >= 15 is 0 Å². The highest BCUT2D eigenvalue weighted by Crippen LogP contribution is 2.40. The Morgan fingerprint density at radius 1 is 1.12 bits per heavy atom. The second-order valence-electron chi connectivity index (χ2n) is 9.27. The molecule has 3 aromatic rings. The minimum atomic E-state index is -0.447. The van der Waals surface area contributed by atoms with Gasteiger partial charge in [-0.1, -0.05) is 37.3 Å². The van der Waals surface area contributed by atoms with Crippen LogP contribution in [0.5, 0.6) is 5.75 Å². The van der Waals surface area contributed by atoms with Crippen LogP contribution in [-0.2, 0) is 0 Å². The van der Waals surface area contributed by atoms with Crippen molar-refractivity contribution in [2.24, 2.45) is 5.10 Å². The summed E-state index contributed by atoms with van der Waals surface area (Å²) in [5, 5.41) is 16.2. The second kappa shape index (κ2) is 8.74. The SMILES string of the molecule is CCCN1c2cc(C)c(/C=N\NC(=O)c3cc4ccccc4cc3O)cc2C(C)=CC1(C)C. The quantitative estimate of drug-likeness (QED) is 0.375. The molecular formula is C28H31N3O2. The number of hydrazone groups is 1. The van der Waals surface area contributed by atoms with Gasteiger partial charge in [-0.3, -0.25) is 4.79 Å². The first-order valence-electron chi connectivity index (χ1n) is 11.4. The molecule has 1 heterocycles. The Bertz CT molecular complexity index is 1290. The monoisotopic (exact) mass is 441 g/mol. The van der Waals surface area contributed by atoms with E-state index < -0.39 is 5.91 Å². The lowest BCUT2D eigenvalue weighted by Gasteiger charge is -2.43. The maximum atomic E-state index is 12.7. The maximum absolute atomic E-state index is 12.7. The number of hydrogen-bond acceptors (Lipinski definition) is 4. The Labute approximate surface area is 195 Å². The predicted octanol–water partition coefficient (Wildman–Crippen LogP) is 6.03. The predicted molar refractivity (Wildman–Crippen MR) is 137 cm³/mol. The van der Waals surface area contributed by atoms with E-state index in [-0.39, 0.29) is 16.9 Å². The molecule has 3 aromatic carbocycles. The summed E-state index contributed by atoms with van der Waals surface area (Å²) in [4.78, 5) is 15.1. The van der Waals surface area contributed by atoms with E-state index in [4.69, 9.17) is 0 Å². The van der Waals surface area contributed by atoms with E-state index in [0.717, 1.165) is 34.9 Å². The van der Waals surface area contributed by atoms with Gasteiger partial charge in [-0.2, -0.15) is 5.10 Å². The van der Waals surface area contributed by atoms with Gasteiger partial charge in [0.1, 0.15) is 5.75 Å². The van der Waals surface area contributed by atoms with Crippen molar-refractivity contribution in [3.63, 3.8) is 0 Å². The third kappa shape index (κ3) is 4.36. The van der Waals surface area contributed by atoms with Crippen molar-refractivity contribution in [3.05, 3.63) is 76.9 Å². The molecule has 2 N–H and O–H groups in total. The Balaban J connectivity index is 1.59. The summed E-state index contributed by atoms with van der Waals surface area (Å²) in [6.45, 7) is 11.9. The average molecular weight is 442 g/mol. The number of phenolic OH excluding ortho intramolecular Hbond substituents is 1. The van der Waals surface area contributed by atoms with E-state index in [1.54, 1.807) is 18.3 Å². The smallest absolute Gasteiger partial charge is 0.275 e. The highest BCUT2D eigenvalue weighted by molar-refractivity contribution is 6.02. The number of anilines is 1. The van der Waals surface area contributed by atoms with Gasteiger partial charge in [0.15, 0.2) is 0 Å². The molecule has 170 valence electrons.